The summed E-state index contributed by atoms with van der Waals surface area (Å²) in [6.07, 6.45) is -0.0321. The smallest absolute Gasteiger partial charge is 0.246 e. The average molecular weight is 341 g/mol. The van der Waals surface area contributed by atoms with Gasteiger partial charge in [0.15, 0.2) is 5.15 Å². The van der Waals surface area contributed by atoms with Gasteiger partial charge in [0.05, 0.1) is 17.1 Å². The molecule has 2 aromatic rings. The molecule has 0 unspecified atom stereocenters. The van der Waals surface area contributed by atoms with Gasteiger partial charge in [-0.15, -0.1) is 11.3 Å². The molecule has 7 nitrogen and oxygen atoms in total. The van der Waals surface area contributed by atoms with E-state index in [1.54, 1.807) is 0 Å². The number of carbonyl (C=O) groups is 2. The van der Waals surface area contributed by atoms with Crippen LogP contribution in [0.15, 0.2) is 16.0 Å². The number of thiazole rings is 1. The zero-order valence-corrected chi connectivity index (χ0v) is 13.4. The molecule has 0 bridgehead atoms. The monoisotopic (exact) mass is 340 g/mol. The van der Waals surface area contributed by atoms with Crippen LogP contribution in [0.3, 0.4) is 0 Å². The molecule has 1 saturated heterocycles. The number of aryl methyl sites for hydroxylation is 1. The van der Waals surface area contributed by atoms with Gasteiger partial charge in [0.1, 0.15) is 17.3 Å². The lowest BCUT2D eigenvalue weighted by atomic mass is 9.80. The lowest BCUT2D eigenvalue weighted by Gasteiger charge is -2.45. The van der Waals surface area contributed by atoms with Gasteiger partial charge in [0, 0.05) is 11.4 Å². The Balaban J connectivity index is 1.70. The van der Waals surface area contributed by atoms with Crippen molar-refractivity contribution >= 4 is 34.8 Å². The van der Waals surface area contributed by atoms with Crippen LogP contribution in [0.1, 0.15) is 23.4 Å². The molecule has 2 amide bonds. The number of β-lactam (4-membered cyclic amide) rings is 1. The molecule has 1 fully saturated rings. The van der Waals surface area contributed by atoms with Crippen molar-refractivity contribution in [1.82, 2.24) is 20.8 Å². The van der Waals surface area contributed by atoms with E-state index in [2.05, 4.69) is 20.8 Å². The number of hydrogen-bond acceptors (Lipinski definition) is 6. The average Bonchev–Trinajstić information content (AvgIpc) is 3.05. The van der Waals surface area contributed by atoms with E-state index in [-0.39, 0.29) is 23.4 Å². The van der Waals surface area contributed by atoms with Gasteiger partial charge in [-0.3, -0.25) is 9.59 Å². The summed E-state index contributed by atoms with van der Waals surface area (Å²) in [6.45, 7) is 3.72. The van der Waals surface area contributed by atoms with Crippen molar-refractivity contribution in [3.63, 3.8) is 0 Å². The molecule has 3 rings (SSSR count). The lowest BCUT2D eigenvalue weighted by molar-refractivity contribution is -0.141. The summed E-state index contributed by atoms with van der Waals surface area (Å²) in [6, 6.07) is 0.796. The molecule has 1 aliphatic heterocycles. The first kappa shape index (κ1) is 15.0. The molecule has 1 aliphatic rings. The molecule has 2 N–H and O–H groups in total. The molecule has 3 heterocycles. The standard InChI is InChI=1S/C13H13ClN4O3S/c1-6-15-8(5-22-6)13(2)11(12(20)17-13)16-10(19)4-7-3-9(14)18-21-7/h3,5,11H,4H2,1-2H3,(H,16,19)(H,17,20)/t11-,13-/m1/s1. The van der Waals surface area contributed by atoms with Crippen LogP contribution >= 0.6 is 22.9 Å². The maximum atomic E-state index is 12.1. The van der Waals surface area contributed by atoms with Gasteiger partial charge in [0.25, 0.3) is 0 Å². The summed E-state index contributed by atoms with van der Waals surface area (Å²) in [5, 5.41) is 12.0. The summed E-state index contributed by atoms with van der Waals surface area (Å²) in [5.74, 6) is -0.239. The number of nitrogens with zero attached hydrogens (tertiary/aromatic N) is 2. The molecule has 2 atom stereocenters. The zero-order chi connectivity index (χ0) is 15.9. The van der Waals surface area contributed by atoms with E-state index in [9.17, 15) is 9.59 Å². The Morgan fingerprint density at radius 1 is 1.64 bits per heavy atom. The fourth-order valence-electron chi connectivity index (χ4n) is 2.35. The Morgan fingerprint density at radius 3 is 2.95 bits per heavy atom. The SMILES string of the molecule is Cc1nc([C@@]2(C)NC(=O)[C@H]2NC(=O)Cc2cc(Cl)no2)cs1. The van der Waals surface area contributed by atoms with E-state index in [4.69, 9.17) is 16.1 Å². The minimum Gasteiger partial charge on any atom is -0.359 e. The van der Waals surface area contributed by atoms with Crippen molar-refractivity contribution in [2.75, 3.05) is 0 Å². The summed E-state index contributed by atoms with van der Waals surface area (Å²) < 4.78 is 4.88. The fourth-order valence-corrected chi connectivity index (χ4v) is 3.24. The second-order valence-corrected chi connectivity index (χ2v) is 6.69. The van der Waals surface area contributed by atoms with Gasteiger partial charge < -0.3 is 15.2 Å². The summed E-state index contributed by atoms with van der Waals surface area (Å²) in [4.78, 5) is 28.3. The second kappa shape index (κ2) is 5.36. The van der Waals surface area contributed by atoms with E-state index >= 15 is 0 Å². The van der Waals surface area contributed by atoms with Crippen LogP contribution in [-0.4, -0.2) is 28.0 Å². The number of hydrogen-bond donors (Lipinski definition) is 2. The maximum Gasteiger partial charge on any atom is 0.246 e. The van der Waals surface area contributed by atoms with E-state index in [1.165, 1.54) is 17.4 Å². The highest BCUT2D eigenvalue weighted by molar-refractivity contribution is 7.09. The van der Waals surface area contributed by atoms with Gasteiger partial charge in [-0.25, -0.2) is 4.98 Å². The Labute approximate surface area is 135 Å². The largest absolute Gasteiger partial charge is 0.359 e. The van der Waals surface area contributed by atoms with Crippen molar-refractivity contribution in [2.24, 2.45) is 0 Å². The van der Waals surface area contributed by atoms with Crippen LogP contribution in [0, 0.1) is 6.92 Å². The molecule has 0 aromatic carbocycles. The minimum atomic E-state index is -0.698. The molecule has 0 spiro atoms. The quantitative estimate of drug-likeness (QED) is 0.814. The first-order valence-corrected chi connectivity index (χ1v) is 7.79. The first-order chi connectivity index (χ1) is 10.4. The highest BCUT2D eigenvalue weighted by Gasteiger charge is 2.53. The van der Waals surface area contributed by atoms with Gasteiger partial charge in [-0.1, -0.05) is 16.8 Å². The van der Waals surface area contributed by atoms with Crippen molar-refractivity contribution in [1.29, 1.82) is 0 Å². The lowest BCUT2D eigenvalue weighted by Crippen LogP contribution is -2.74. The third-order valence-electron chi connectivity index (χ3n) is 3.54. The van der Waals surface area contributed by atoms with E-state index in [0.717, 1.165) is 10.7 Å². The molecule has 0 aliphatic carbocycles. The third-order valence-corrected chi connectivity index (χ3v) is 4.50. The number of nitrogens with one attached hydrogen (secondary N) is 2. The van der Waals surface area contributed by atoms with Crippen LogP contribution in [0.25, 0.3) is 0 Å². The van der Waals surface area contributed by atoms with Crippen molar-refractivity contribution in [3.05, 3.63) is 33.1 Å². The zero-order valence-electron chi connectivity index (χ0n) is 11.8. The highest BCUT2D eigenvalue weighted by atomic mass is 35.5. The Kier molecular flexibility index (Phi) is 3.65. The predicted molar refractivity (Wildman–Crippen MR) is 79.5 cm³/mol. The Hall–Kier alpha value is -1.93. The number of carbonyl (C=O) groups excluding carboxylic acids is 2. The summed E-state index contributed by atoms with van der Waals surface area (Å²) in [7, 11) is 0. The molecule has 22 heavy (non-hydrogen) atoms. The topological polar surface area (TPSA) is 97.1 Å². The van der Waals surface area contributed by atoms with E-state index in [0.29, 0.717) is 5.76 Å². The number of aromatic nitrogens is 2. The molecule has 0 radical (unpaired) electrons. The van der Waals surface area contributed by atoms with Crippen molar-refractivity contribution in [2.45, 2.75) is 31.8 Å². The summed E-state index contributed by atoms with van der Waals surface area (Å²) in [5.41, 5.74) is 0.0407. The van der Waals surface area contributed by atoms with E-state index in [1.807, 2.05) is 19.2 Å². The fraction of sp³-hybridized carbons (Fsp3) is 0.385. The molecule has 0 saturated carbocycles. The molecular formula is C13H13ClN4O3S. The van der Waals surface area contributed by atoms with Crippen LogP contribution in [0.4, 0.5) is 0 Å². The van der Waals surface area contributed by atoms with Gasteiger partial charge in [-0.05, 0) is 13.8 Å². The van der Waals surface area contributed by atoms with Gasteiger partial charge in [-0.2, -0.15) is 0 Å². The summed E-state index contributed by atoms with van der Waals surface area (Å²) >= 11 is 7.13. The van der Waals surface area contributed by atoms with Crippen LogP contribution in [0.2, 0.25) is 5.15 Å². The predicted octanol–water partition coefficient (Wildman–Crippen LogP) is 1.17. The molecular weight excluding hydrogens is 328 g/mol. The van der Waals surface area contributed by atoms with Crippen molar-refractivity contribution < 1.29 is 14.1 Å². The number of rotatable bonds is 4. The third kappa shape index (κ3) is 2.59. The second-order valence-electron chi connectivity index (χ2n) is 5.24. The van der Waals surface area contributed by atoms with E-state index < -0.39 is 11.6 Å². The maximum absolute atomic E-state index is 12.1. The van der Waals surface area contributed by atoms with Crippen molar-refractivity contribution in [3.8, 4) is 0 Å². The molecule has 116 valence electrons. The highest BCUT2D eigenvalue weighted by Crippen LogP contribution is 2.32. The normalized spacial score (nSPS) is 23.8. The van der Waals surface area contributed by atoms with Crippen LogP contribution in [0.5, 0.6) is 0 Å². The van der Waals surface area contributed by atoms with Crippen LogP contribution < -0.4 is 10.6 Å². The Morgan fingerprint density at radius 2 is 2.41 bits per heavy atom. The van der Waals surface area contributed by atoms with Gasteiger partial charge >= 0.3 is 0 Å². The first-order valence-electron chi connectivity index (χ1n) is 6.53. The Bertz CT molecular complexity index is 743. The number of halogens is 1. The van der Waals surface area contributed by atoms with Gasteiger partial charge in [0.2, 0.25) is 11.8 Å². The van der Waals surface area contributed by atoms with Crippen LogP contribution in [-0.2, 0) is 21.5 Å². The molecule has 9 heteroatoms. The molecule has 2 aromatic heterocycles. The number of amides is 2. The minimum absolute atomic E-state index is 0.0321.